The molecule has 0 aliphatic carbocycles. The van der Waals surface area contributed by atoms with E-state index in [0.717, 1.165) is 6.54 Å². The zero-order valence-electron chi connectivity index (χ0n) is 10.6. The van der Waals surface area contributed by atoms with Crippen LogP contribution in [0.4, 0.5) is 0 Å². The van der Waals surface area contributed by atoms with Crippen molar-refractivity contribution < 1.29 is 0 Å². The molecule has 2 nitrogen and oxygen atoms in total. The molecule has 0 aliphatic rings. The Bertz CT molecular complexity index is 269. The molecule has 1 rings (SSSR count). The molecule has 1 aromatic heterocycles. The van der Waals surface area contributed by atoms with Crippen molar-refractivity contribution in [2.45, 2.75) is 45.2 Å². The number of nitrogens with two attached hydrogens (primary N) is 1. The van der Waals surface area contributed by atoms with Crippen LogP contribution in [0.1, 0.15) is 44.7 Å². The van der Waals surface area contributed by atoms with Gasteiger partial charge in [-0.1, -0.05) is 19.8 Å². The Hall–Kier alpha value is -0.380. The molecule has 16 heavy (non-hydrogen) atoms. The summed E-state index contributed by atoms with van der Waals surface area (Å²) in [5, 5.41) is 4.34. The lowest BCUT2D eigenvalue weighted by Crippen LogP contribution is -2.37. The van der Waals surface area contributed by atoms with Crippen molar-refractivity contribution in [1.82, 2.24) is 4.90 Å². The van der Waals surface area contributed by atoms with Gasteiger partial charge in [0, 0.05) is 6.04 Å². The largest absolute Gasteiger partial charge is 0.326 e. The van der Waals surface area contributed by atoms with E-state index in [9.17, 15) is 0 Å². The van der Waals surface area contributed by atoms with Crippen LogP contribution in [0, 0.1) is 0 Å². The second kappa shape index (κ2) is 7.05. The maximum atomic E-state index is 6.10. The Morgan fingerprint density at radius 3 is 2.69 bits per heavy atom. The number of rotatable bonds is 7. The fourth-order valence-electron chi connectivity index (χ4n) is 2.15. The molecule has 2 unspecified atom stereocenters. The molecular formula is C13H24N2S. The summed E-state index contributed by atoms with van der Waals surface area (Å²) >= 11 is 1.75. The van der Waals surface area contributed by atoms with Crippen LogP contribution in [0.15, 0.2) is 16.8 Å². The summed E-state index contributed by atoms with van der Waals surface area (Å²) in [5.74, 6) is 0. The predicted molar refractivity (Wildman–Crippen MR) is 72.9 cm³/mol. The van der Waals surface area contributed by atoms with Crippen LogP contribution < -0.4 is 5.73 Å². The van der Waals surface area contributed by atoms with Crippen LogP contribution in [0.5, 0.6) is 0 Å². The van der Waals surface area contributed by atoms with E-state index in [1.54, 1.807) is 11.3 Å². The van der Waals surface area contributed by atoms with Crippen LogP contribution in [-0.4, -0.2) is 24.5 Å². The highest BCUT2D eigenvalue weighted by Crippen LogP contribution is 2.24. The van der Waals surface area contributed by atoms with Gasteiger partial charge < -0.3 is 5.73 Å². The minimum Gasteiger partial charge on any atom is -0.326 e. The Labute approximate surface area is 103 Å². The molecule has 0 saturated carbocycles. The van der Waals surface area contributed by atoms with Gasteiger partial charge in [0.25, 0.3) is 0 Å². The van der Waals surface area contributed by atoms with Crippen LogP contribution in [0.3, 0.4) is 0 Å². The summed E-state index contributed by atoms with van der Waals surface area (Å²) < 4.78 is 0. The Morgan fingerprint density at radius 1 is 1.44 bits per heavy atom. The molecule has 0 aromatic carbocycles. The third kappa shape index (κ3) is 3.89. The van der Waals surface area contributed by atoms with Gasteiger partial charge in [-0.2, -0.15) is 11.3 Å². The number of hydrogen-bond donors (Lipinski definition) is 1. The van der Waals surface area contributed by atoms with E-state index in [1.807, 2.05) is 0 Å². The Morgan fingerprint density at radius 2 is 2.19 bits per heavy atom. The van der Waals surface area contributed by atoms with E-state index in [0.29, 0.717) is 6.04 Å². The molecular weight excluding hydrogens is 216 g/mol. The number of likely N-dealkylation sites (N-methyl/N-ethyl adjacent to an activating group) is 1. The summed E-state index contributed by atoms with van der Waals surface area (Å²) in [7, 11) is 2.18. The van der Waals surface area contributed by atoms with E-state index >= 15 is 0 Å². The van der Waals surface area contributed by atoms with Crippen LogP contribution in [0.2, 0.25) is 0 Å². The summed E-state index contributed by atoms with van der Waals surface area (Å²) in [6, 6.07) is 2.74. The van der Waals surface area contributed by atoms with E-state index in [4.69, 9.17) is 5.73 Å². The molecule has 0 aliphatic heterocycles. The average Bonchev–Trinajstić information content (AvgIpc) is 2.71. The predicted octanol–water partition coefficient (Wildman–Crippen LogP) is 3.26. The maximum absolute atomic E-state index is 6.10. The standard InChI is InChI=1S/C13H24N2S/c1-4-5-6-8-15(3)13(11(2)14)12-7-9-16-10-12/h7,9-11,13H,4-6,8,14H2,1-3H3. The lowest BCUT2D eigenvalue weighted by Gasteiger charge is -2.30. The van der Waals surface area contributed by atoms with Gasteiger partial charge in [-0.3, -0.25) is 4.90 Å². The number of thiophene rings is 1. The summed E-state index contributed by atoms with van der Waals surface area (Å²) in [5.41, 5.74) is 7.46. The van der Waals surface area contributed by atoms with Crippen molar-refractivity contribution in [3.05, 3.63) is 22.4 Å². The third-order valence-corrected chi connectivity index (χ3v) is 3.67. The molecule has 1 aromatic rings. The quantitative estimate of drug-likeness (QED) is 0.741. The van der Waals surface area contributed by atoms with Gasteiger partial charge in [0.15, 0.2) is 0 Å². The fourth-order valence-corrected chi connectivity index (χ4v) is 2.84. The molecule has 2 N–H and O–H groups in total. The molecule has 2 atom stereocenters. The molecule has 0 amide bonds. The van der Waals surface area contributed by atoms with Crippen LogP contribution >= 0.6 is 11.3 Å². The first kappa shape index (κ1) is 13.7. The summed E-state index contributed by atoms with van der Waals surface area (Å²) in [4.78, 5) is 2.39. The Kier molecular flexibility index (Phi) is 6.03. The zero-order chi connectivity index (χ0) is 12.0. The SMILES string of the molecule is CCCCCN(C)C(c1ccsc1)C(C)N. The van der Waals surface area contributed by atoms with Gasteiger partial charge >= 0.3 is 0 Å². The van der Waals surface area contributed by atoms with Gasteiger partial charge in [-0.15, -0.1) is 0 Å². The minimum atomic E-state index is 0.182. The normalized spacial score (nSPS) is 15.3. The van der Waals surface area contributed by atoms with Crippen molar-refractivity contribution in [2.24, 2.45) is 5.73 Å². The van der Waals surface area contributed by atoms with E-state index < -0.39 is 0 Å². The third-order valence-electron chi connectivity index (χ3n) is 2.97. The zero-order valence-corrected chi connectivity index (χ0v) is 11.5. The van der Waals surface area contributed by atoms with E-state index in [2.05, 4.69) is 42.6 Å². The number of hydrogen-bond acceptors (Lipinski definition) is 3. The first-order valence-corrected chi connectivity index (χ1v) is 7.09. The van der Waals surface area contributed by atoms with Gasteiger partial charge in [0.05, 0.1) is 6.04 Å². The van der Waals surface area contributed by atoms with Crippen LogP contribution in [-0.2, 0) is 0 Å². The fraction of sp³-hybridized carbons (Fsp3) is 0.692. The van der Waals surface area contributed by atoms with E-state index in [1.165, 1.54) is 24.8 Å². The molecule has 3 heteroatoms. The average molecular weight is 240 g/mol. The van der Waals surface area contributed by atoms with Gasteiger partial charge in [-0.25, -0.2) is 0 Å². The first-order valence-electron chi connectivity index (χ1n) is 6.14. The second-order valence-electron chi connectivity index (χ2n) is 4.55. The molecule has 0 bridgehead atoms. The van der Waals surface area contributed by atoms with Crippen molar-refractivity contribution in [3.8, 4) is 0 Å². The lowest BCUT2D eigenvalue weighted by atomic mass is 10.0. The highest BCUT2D eigenvalue weighted by atomic mass is 32.1. The molecule has 0 spiro atoms. The molecule has 0 radical (unpaired) electrons. The second-order valence-corrected chi connectivity index (χ2v) is 5.33. The number of unbranched alkanes of at least 4 members (excludes halogenated alkanes) is 2. The molecule has 0 fully saturated rings. The summed E-state index contributed by atoms with van der Waals surface area (Å²) in [6.07, 6.45) is 3.84. The van der Waals surface area contributed by atoms with Crippen molar-refractivity contribution in [2.75, 3.05) is 13.6 Å². The Balaban J connectivity index is 2.56. The minimum absolute atomic E-state index is 0.182. The smallest absolute Gasteiger partial charge is 0.0501 e. The molecule has 0 saturated heterocycles. The lowest BCUT2D eigenvalue weighted by molar-refractivity contribution is 0.215. The van der Waals surface area contributed by atoms with Crippen molar-refractivity contribution in [3.63, 3.8) is 0 Å². The molecule has 92 valence electrons. The monoisotopic (exact) mass is 240 g/mol. The number of nitrogens with zero attached hydrogens (tertiary/aromatic N) is 1. The van der Waals surface area contributed by atoms with E-state index in [-0.39, 0.29) is 6.04 Å². The maximum Gasteiger partial charge on any atom is 0.0501 e. The highest BCUT2D eigenvalue weighted by Gasteiger charge is 2.20. The first-order chi connectivity index (χ1) is 7.66. The van der Waals surface area contributed by atoms with Gasteiger partial charge in [0.2, 0.25) is 0 Å². The molecule has 1 heterocycles. The van der Waals surface area contributed by atoms with Crippen LogP contribution in [0.25, 0.3) is 0 Å². The highest BCUT2D eigenvalue weighted by molar-refractivity contribution is 7.07. The van der Waals surface area contributed by atoms with Crippen molar-refractivity contribution >= 4 is 11.3 Å². The summed E-state index contributed by atoms with van der Waals surface area (Å²) in [6.45, 7) is 5.47. The van der Waals surface area contributed by atoms with Crippen molar-refractivity contribution in [1.29, 1.82) is 0 Å². The topological polar surface area (TPSA) is 29.3 Å². The van der Waals surface area contributed by atoms with Gasteiger partial charge in [-0.05, 0) is 49.3 Å². The van der Waals surface area contributed by atoms with Gasteiger partial charge in [0.1, 0.15) is 0 Å².